The fourth-order valence-electron chi connectivity index (χ4n) is 2.07. The van der Waals surface area contributed by atoms with Crippen molar-refractivity contribution >= 4 is 5.97 Å². The second-order valence-electron chi connectivity index (χ2n) is 5.34. The number of nitrogens with one attached hydrogen (secondary N) is 1. The monoisotopic (exact) mass is 295 g/mol. The lowest BCUT2D eigenvalue weighted by atomic mass is 10.0. The van der Waals surface area contributed by atoms with Crippen molar-refractivity contribution in [1.29, 1.82) is 0 Å². The van der Waals surface area contributed by atoms with E-state index < -0.39 is 5.97 Å². The number of aliphatic hydroxyl groups is 1. The molecule has 0 aliphatic rings. The lowest BCUT2D eigenvalue weighted by Crippen LogP contribution is -2.34. The molecule has 0 radical (unpaired) electrons. The maximum Gasteiger partial charge on any atom is 0.304 e. The van der Waals surface area contributed by atoms with E-state index in [1.165, 1.54) is 0 Å². The molecule has 1 atom stereocenters. The van der Waals surface area contributed by atoms with Crippen molar-refractivity contribution in [2.45, 2.75) is 45.3 Å². The summed E-state index contributed by atoms with van der Waals surface area (Å²) in [5.74, 6) is -0.00645. The minimum atomic E-state index is -0.823. The summed E-state index contributed by atoms with van der Waals surface area (Å²) < 4.78 is 5.58. The first-order chi connectivity index (χ1) is 10.0. The summed E-state index contributed by atoms with van der Waals surface area (Å²) in [6.45, 7) is 4.67. The molecule has 0 saturated carbocycles. The van der Waals surface area contributed by atoms with Gasteiger partial charge in [-0.15, -0.1) is 0 Å². The Morgan fingerprint density at radius 2 is 1.95 bits per heavy atom. The van der Waals surface area contributed by atoms with Gasteiger partial charge in [0.05, 0.1) is 12.5 Å². The molecule has 1 aromatic carbocycles. The lowest BCUT2D eigenvalue weighted by Gasteiger charge is -2.17. The highest BCUT2D eigenvalue weighted by molar-refractivity contribution is 5.67. The molecule has 0 spiro atoms. The molecule has 0 aliphatic carbocycles. The molecule has 0 saturated heterocycles. The number of carbonyl (C=O) groups is 1. The zero-order chi connectivity index (χ0) is 15.7. The number of rotatable bonds is 10. The molecular formula is C16H25NO4. The summed E-state index contributed by atoms with van der Waals surface area (Å²) in [6, 6.07) is 7.59. The highest BCUT2D eigenvalue weighted by Crippen LogP contribution is 2.15. The third-order valence-corrected chi connectivity index (χ3v) is 2.97. The molecule has 0 aromatic heterocycles. The summed E-state index contributed by atoms with van der Waals surface area (Å²) in [4.78, 5) is 10.9. The van der Waals surface area contributed by atoms with E-state index in [9.17, 15) is 4.79 Å². The van der Waals surface area contributed by atoms with E-state index in [0.29, 0.717) is 19.4 Å². The van der Waals surface area contributed by atoms with E-state index in [0.717, 1.165) is 11.3 Å². The number of aliphatic hydroxyl groups excluding tert-OH is 1. The van der Waals surface area contributed by atoms with Crippen molar-refractivity contribution in [3.63, 3.8) is 0 Å². The maximum absolute atomic E-state index is 10.9. The van der Waals surface area contributed by atoms with Gasteiger partial charge < -0.3 is 20.3 Å². The molecule has 1 rings (SSSR count). The predicted octanol–water partition coefficient (Wildman–Crippen LogP) is 1.83. The Morgan fingerprint density at radius 3 is 2.48 bits per heavy atom. The van der Waals surface area contributed by atoms with Crippen molar-refractivity contribution in [2.75, 3.05) is 13.2 Å². The minimum absolute atomic E-state index is 0.0652. The first-order valence-electron chi connectivity index (χ1n) is 7.33. The van der Waals surface area contributed by atoms with Crippen LogP contribution in [0.15, 0.2) is 24.3 Å². The van der Waals surface area contributed by atoms with Gasteiger partial charge in [-0.25, -0.2) is 0 Å². The first kappa shape index (κ1) is 17.5. The number of hydrogen-bond acceptors (Lipinski definition) is 4. The molecule has 0 bridgehead atoms. The molecule has 1 aromatic rings. The summed E-state index contributed by atoms with van der Waals surface area (Å²) in [5.41, 5.74) is 1.06. The van der Waals surface area contributed by atoms with Gasteiger partial charge in [0.1, 0.15) is 5.75 Å². The van der Waals surface area contributed by atoms with Crippen LogP contribution >= 0.6 is 0 Å². The van der Waals surface area contributed by atoms with Gasteiger partial charge in [0.25, 0.3) is 0 Å². The van der Waals surface area contributed by atoms with Crippen LogP contribution in [0, 0.1) is 0 Å². The zero-order valence-electron chi connectivity index (χ0n) is 12.7. The van der Waals surface area contributed by atoms with Crippen LogP contribution in [0.4, 0.5) is 0 Å². The van der Waals surface area contributed by atoms with E-state index >= 15 is 0 Å². The Morgan fingerprint density at radius 1 is 1.29 bits per heavy atom. The Labute approximate surface area is 125 Å². The fraction of sp³-hybridized carbons (Fsp3) is 0.562. The van der Waals surface area contributed by atoms with Crippen molar-refractivity contribution in [1.82, 2.24) is 5.32 Å². The predicted molar refractivity (Wildman–Crippen MR) is 81.7 cm³/mol. The van der Waals surface area contributed by atoms with E-state index in [-0.39, 0.29) is 25.2 Å². The van der Waals surface area contributed by atoms with Gasteiger partial charge in [-0.3, -0.25) is 4.79 Å². The number of ether oxygens (including phenoxy) is 1. The van der Waals surface area contributed by atoms with Crippen LogP contribution in [-0.4, -0.2) is 41.5 Å². The third kappa shape index (κ3) is 7.68. The van der Waals surface area contributed by atoms with Gasteiger partial charge in [0.15, 0.2) is 0 Å². The van der Waals surface area contributed by atoms with Crippen LogP contribution in [0.5, 0.6) is 5.75 Å². The van der Waals surface area contributed by atoms with Crippen LogP contribution in [0.2, 0.25) is 0 Å². The highest BCUT2D eigenvalue weighted by atomic mass is 16.5. The molecule has 118 valence electrons. The van der Waals surface area contributed by atoms with Gasteiger partial charge in [-0.2, -0.15) is 0 Å². The summed E-state index contributed by atoms with van der Waals surface area (Å²) in [7, 11) is 0. The second kappa shape index (κ2) is 9.37. The molecule has 21 heavy (non-hydrogen) atoms. The van der Waals surface area contributed by atoms with E-state index in [1.54, 1.807) is 0 Å². The SMILES string of the molecule is CC(C)Oc1ccc(CC(CC(=O)O)NCCCO)cc1. The number of aliphatic carboxylic acids is 1. The van der Waals surface area contributed by atoms with Crippen molar-refractivity contribution in [2.24, 2.45) is 0 Å². The lowest BCUT2D eigenvalue weighted by molar-refractivity contribution is -0.137. The quantitative estimate of drug-likeness (QED) is 0.574. The molecule has 5 nitrogen and oxygen atoms in total. The molecule has 3 N–H and O–H groups in total. The van der Waals surface area contributed by atoms with E-state index in [4.69, 9.17) is 14.9 Å². The first-order valence-corrected chi connectivity index (χ1v) is 7.33. The van der Waals surface area contributed by atoms with Crippen LogP contribution in [-0.2, 0) is 11.2 Å². The largest absolute Gasteiger partial charge is 0.491 e. The Bertz CT molecular complexity index is 417. The average molecular weight is 295 g/mol. The van der Waals surface area contributed by atoms with Crippen molar-refractivity contribution < 1.29 is 19.7 Å². The third-order valence-electron chi connectivity index (χ3n) is 2.97. The number of benzene rings is 1. The molecule has 0 amide bonds. The maximum atomic E-state index is 10.9. The molecule has 0 heterocycles. The van der Waals surface area contributed by atoms with E-state index in [1.807, 2.05) is 38.1 Å². The van der Waals surface area contributed by atoms with E-state index in [2.05, 4.69) is 5.32 Å². The summed E-state index contributed by atoms with van der Waals surface area (Å²) >= 11 is 0. The van der Waals surface area contributed by atoms with Gasteiger partial charge in [0.2, 0.25) is 0 Å². The molecular weight excluding hydrogens is 270 g/mol. The van der Waals surface area contributed by atoms with Gasteiger partial charge >= 0.3 is 5.97 Å². The van der Waals surface area contributed by atoms with Crippen LogP contribution in [0.1, 0.15) is 32.3 Å². The molecule has 5 heteroatoms. The van der Waals surface area contributed by atoms with Gasteiger partial charge in [-0.1, -0.05) is 12.1 Å². The van der Waals surface area contributed by atoms with Crippen molar-refractivity contribution in [3.05, 3.63) is 29.8 Å². The Hall–Kier alpha value is -1.59. The Kier molecular flexibility index (Phi) is 7.79. The van der Waals surface area contributed by atoms with Gasteiger partial charge in [0, 0.05) is 12.6 Å². The standard InChI is InChI=1S/C16H25NO4/c1-12(2)21-15-6-4-13(5-7-15)10-14(11-16(19)20)17-8-3-9-18/h4-7,12,14,17-18H,3,8-11H2,1-2H3,(H,19,20). The average Bonchev–Trinajstić information content (AvgIpc) is 2.40. The van der Waals surface area contributed by atoms with Crippen LogP contribution in [0.25, 0.3) is 0 Å². The summed E-state index contributed by atoms with van der Waals surface area (Å²) in [6.07, 6.45) is 1.46. The zero-order valence-corrected chi connectivity index (χ0v) is 12.7. The molecule has 0 aliphatic heterocycles. The van der Waals surface area contributed by atoms with Crippen molar-refractivity contribution in [3.8, 4) is 5.75 Å². The van der Waals surface area contributed by atoms with Gasteiger partial charge in [-0.05, 0) is 50.9 Å². The fourth-order valence-corrected chi connectivity index (χ4v) is 2.07. The molecule has 0 fully saturated rings. The normalized spacial score (nSPS) is 12.4. The minimum Gasteiger partial charge on any atom is -0.491 e. The Balaban J connectivity index is 2.57. The summed E-state index contributed by atoms with van der Waals surface area (Å²) in [5, 5.41) is 20.9. The molecule has 1 unspecified atom stereocenters. The van der Waals surface area contributed by atoms with Crippen LogP contribution < -0.4 is 10.1 Å². The topological polar surface area (TPSA) is 78.8 Å². The number of carboxylic acids is 1. The van der Waals surface area contributed by atoms with Crippen LogP contribution in [0.3, 0.4) is 0 Å². The number of carboxylic acid groups (broad SMARTS) is 1. The second-order valence-corrected chi connectivity index (χ2v) is 5.34. The smallest absolute Gasteiger partial charge is 0.304 e. The number of hydrogen-bond donors (Lipinski definition) is 3. The highest BCUT2D eigenvalue weighted by Gasteiger charge is 2.13.